The van der Waals surface area contributed by atoms with Crippen LogP contribution in [0.3, 0.4) is 0 Å². The van der Waals surface area contributed by atoms with Crippen molar-refractivity contribution in [2.24, 2.45) is 0 Å². The molecule has 0 radical (unpaired) electrons. The second-order valence-electron chi connectivity index (χ2n) is 2.95. The minimum atomic E-state index is -0.410. The third-order valence-corrected chi connectivity index (χ3v) is 2.10. The molecule has 0 fully saturated rings. The Morgan fingerprint density at radius 3 is 2.87 bits per heavy atom. The van der Waals surface area contributed by atoms with Gasteiger partial charge in [-0.05, 0) is 13.8 Å². The first kappa shape index (κ1) is 11.7. The van der Waals surface area contributed by atoms with Crippen LogP contribution in [0.5, 0.6) is 5.88 Å². The molecule has 80 valence electrons. The van der Waals surface area contributed by atoms with Gasteiger partial charge in [-0.25, -0.2) is 4.98 Å². The van der Waals surface area contributed by atoms with E-state index in [-0.39, 0.29) is 5.88 Å². The first-order valence-electron chi connectivity index (χ1n) is 4.65. The van der Waals surface area contributed by atoms with Crippen LogP contribution in [0.4, 0.5) is 0 Å². The minimum absolute atomic E-state index is 0.221. The van der Waals surface area contributed by atoms with Crippen LogP contribution >= 0.6 is 11.6 Å². The van der Waals surface area contributed by atoms with Crippen molar-refractivity contribution in [3.63, 3.8) is 0 Å². The molecule has 1 atom stereocenters. The van der Waals surface area contributed by atoms with Crippen molar-refractivity contribution in [1.82, 2.24) is 9.97 Å². The fraction of sp³-hybridized carbons (Fsp3) is 0.500. The molecule has 1 aromatic rings. The van der Waals surface area contributed by atoms with Gasteiger partial charge in [-0.1, -0.05) is 0 Å². The Morgan fingerprint density at radius 1 is 1.60 bits per heavy atom. The van der Waals surface area contributed by atoms with Crippen molar-refractivity contribution in [3.8, 4) is 11.9 Å². The van der Waals surface area contributed by atoms with Gasteiger partial charge >= 0.3 is 0 Å². The van der Waals surface area contributed by atoms with Crippen LogP contribution in [0.15, 0.2) is 6.07 Å². The maximum atomic E-state index is 8.86. The van der Waals surface area contributed by atoms with E-state index in [9.17, 15) is 0 Å². The van der Waals surface area contributed by atoms with Gasteiger partial charge in [0.15, 0.2) is 0 Å². The molecule has 0 saturated heterocycles. The summed E-state index contributed by atoms with van der Waals surface area (Å²) in [5, 5.41) is 8.86. The fourth-order valence-electron chi connectivity index (χ4n) is 1.14. The van der Waals surface area contributed by atoms with Crippen LogP contribution in [0.25, 0.3) is 0 Å². The highest BCUT2D eigenvalue weighted by Crippen LogP contribution is 2.18. The van der Waals surface area contributed by atoms with E-state index in [0.29, 0.717) is 24.0 Å². The average molecular weight is 226 g/mol. The highest BCUT2D eigenvalue weighted by atomic mass is 35.5. The topological polar surface area (TPSA) is 58.8 Å². The first-order chi connectivity index (χ1) is 7.21. The maximum absolute atomic E-state index is 8.86. The lowest BCUT2D eigenvalue weighted by atomic mass is 10.1. The summed E-state index contributed by atoms with van der Waals surface area (Å²) >= 11 is 5.66. The number of nitrogens with zero attached hydrogens (tertiary/aromatic N) is 3. The van der Waals surface area contributed by atoms with Gasteiger partial charge < -0.3 is 4.74 Å². The molecule has 1 unspecified atom stereocenters. The van der Waals surface area contributed by atoms with E-state index in [1.54, 1.807) is 13.0 Å². The van der Waals surface area contributed by atoms with Gasteiger partial charge in [0.05, 0.1) is 18.4 Å². The fourth-order valence-corrected chi connectivity index (χ4v) is 1.37. The standard InChI is InChI=1S/C10H12ClN3O/c1-3-15-10-4-9(8(5-11)6-12)13-7(2)14-10/h4,8H,3,5H2,1-2H3. The number of ether oxygens (including phenoxy) is 1. The molecular weight excluding hydrogens is 214 g/mol. The summed E-state index contributed by atoms with van der Waals surface area (Å²) in [5.74, 6) is 0.887. The number of nitriles is 1. The summed E-state index contributed by atoms with van der Waals surface area (Å²) in [5.41, 5.74) is 0.614. The van der Waals surface area contributed by atoms with E-state index in [1.165, 1.54) is 0 Å². The predicted octanol–water partition coefficient (Wildman–Crippen LogP) is 2.03. The lowest BCUT2D eigenvalue weighted by Crippen LogP contribution is -2.05. The Balaban J connectivity index is 3.03. The van der Waals surface area contributed by atoms with Gasteiger partial charge in [-0.2, -0.15) is 10.2 Å². The number of alkyl halides is 1. The number of halogens is 1. The van der Waals surface area contributed by atoms with Crippen LogP contribution in [0.2, 0.25) is 0 Å². The largest absolute Gasteiger partial charge is 0.478 e. The number of hydrogen-bond donors (Lipinski definition) is 0. The Hall–Kier alpha value is -1.34. The molecule has 0 aromatic carbocycles. The van der Waals surface area contributed by atoms with Crippen molar-refractivity contribution < 1.29 is 4.74 Å². The zero-order valence-electron chi connectivity index (χ0n) is 8.70. The first-order valence-corrected chi connectivity index (χ1v) is 5.18. The number of aromatic nitrogens is 2. The van der Waals surface area contributed by atoms with Gasteiger partial charge in [0, 0.05) is 11.9 Å². The molecule has 0 bridgehead atoms. The zero-order valence-corrected chi connectivity index (χ0v) is 9.45. The molecule has 0 spiro atoms. The normalized spacial score (nSPS) is 11.9. The van der Waals surface area contributed by atoms with Crippen molar-refractivity contribution in [3.05, 3.63) is 17.6 Å². The molecule has 0 amide bonds. The lowest BCUT2D eigenvalue weighted by Gasteiger charge is -2.08. The van der Waals surface area contributed by atoms with Crippen LogP contribution in [-0.4, -0.2) is 22.5 Å². The Morgan fingerprint density at radius 2 is 2.33 bits per heavy atom. The van der Waals surface area contributed by atoms with Crippen molar-refractivity contribution in [1.29, 1.82) is 5.26 Å². The van der Waals surface area contributed by atoms with Gasteiger partial charge in [0.1, 0.15) is 11.7 Å². The summed E-state index contributed by atoms with van der Waals surface area (Å²) in [7, 11) is 0. The highest BCUT2D eigenvalue weighted by molar-refractivity contribution is 6.18. The third-order valence-electron chi connectivity index (χ3n) is 1.79. The smallest absolute Gasteiger partial charge is 0.216 e. The Kier molecular flexibility index (Phi) is 4.32. The molecule has 0 N–H and O–H groups in total. The summed E-state index contributed by atoms with van der Waals surface area (Å²) in [4.78, 5) is 8.25. The van der Waals surface area contributed by atoms with E-state index in [4.69, 9.17) is 21.6 Å². The molecule has 1 heterocycles. The molecular formula is C10H12ClN3O. The average Bonchev–Trinajstić information content (AvgIpc) is 2.19. The monoisotopic (exact) mass is 225 g/mol. The number of hydrogen-bond acceptors (Lipinski definition) is 4. The predicted molar refractivity (Wildman–Crippen MR) is 57.0 cm³/mol. The minimum Gasteiger partial charge on any atom is -0.478 e. The van der Waals surface area contributed by atoms with Gasteiger partial charge in [-0.15, -0.1) is 11.6 Å². The molecule has 4 nitrogen and oxygen atoms in total. The molecule has 1 rings (SSSR count). The van der Waals surface area contributed by atoms with Crippen molar-refractivity contribution in [2.45, 2.75) is 19.8 Å². The Bertz CT molecular complexity index is 375. The third kappa shape index (κ3) is 3.07. The second kappa shape index (κ2) is 5.52. The molecule has 0 aliphatic carbocycles. The molecule has 15 heavy (non-hydrogen) atoms. The maximum Gasteiger partial charge on any atom is 0.216 e. The van der Waals surface area contributed by atoms with Crippen LogP contribution < -0.4 is 4.74 Å². The van der Waals surface area contributed by atoms with Crippen LogP contribution in [0, 0.1) is 18.3 Å². The van der Waals surface area contributed by atoms with E-state index in [0.717, 1.165) is 0 Å². The van der Waals surface area contributed by atoms with Crippen molar-refractivity contribution in [2.75, 3.05) is 12.5 Å². The molecule has 1 aromatic heterocycles. The molecule has 5 heteroatoms. The Labute approximate surface area is 93.9 Å². The number of rotatable bonds is 4. The van der Waals surface area contributed by atoms with Crippen molar-refractivity contribution >= 4 is 11.6 Å². The van der Waals surface area contributed by atoms with E-state index < -0.39 is 5.92 Å². The molecule has 0 aliphatic heterocycles. The number of aryl methyl sites for hydroxylation is 1. The molecule has 0 aliphatic rings. The van der Waals surface area contributed by atoms with E-state index >= 15 is 0 Å². The second-order valence-corrected chi connectivity index (χ2v) is 3.26. The summed E-state index contributed by atoms with van der Waals surface area (Å²) < 4.78 is 5.26. The van der Waals surface area contributed by atoms with E-state index in [2.05, 4.69) is 16.0 Å². The highest BCUT2D eigenvalue weighted by Gasteiger charge is 2.13. The zero-order chi connectivity index (χ0) is 11.3. The SMILES string of the molecule is CCOc1cc(C(C#N)CCl)nc(C)n1. The van der Waals surface area contributed by atoms with Crippen LogP contribution in [0.1, 0.15) is 24.4 Å². The van der Waals surface area contributed by atoms with Gasteiger partial charge in [-0.3, -0.25) is 0 Å². The summed E-state index contributed by atoms with van der Waals surface area (Å²) in [6.07, 6.45) is 0. The van der Waals surface area contributed by atoms with E-state index in [1.807, 2.05) is 6.92 Å². The lowest BCUT2D eigenvalue weighted by molar-refractivity contribution is 0.324. The van der Waals surface area contributed by atoms with Gasteiger partial charge in [0.25, 0.3) is 0 Å². The summed E-state index contributed by atoms with van der Waals surface area (Å²) in [6.45, 7) is 4.17. The quantitative estimate of drug-likeness (QED) is 0.736. The summed E-state index contributed by atoms with van der Waals surface area (Å²) in [6, 6.07) is 3.75. The molecule has 0 saturated carbocycles. The van der Waals surface area contributed by atoms with Crippen LogP contribution in [-0.2, 0) is 0 Å². The van der Waals surface area contributed by atoms with Gasteiger partial charge in [0.2, 0.25) is 5.88 Å².